The first-order valence-corrected chi connectivity index (χ1v) is 5.78. The molecule has 88 valence electrons. The molecule has 2 nitrogen and oxygen atoms in total. The van der Waals surface area contributed by atoms with Gasteiger partial charge in [0.2, 0.25) is 0 Å². The summed E-state index contributed by atoms with van der Waals surface area (Å²) in [5, 5.41) is 9.16. The highest BCUT2D eigenvalue weighted by Crippen LogP contribution is 2.31. The van der Waals surface area contributed by atoms with Crippen molar-refractivity contribution in [3.8, 4) is 0 Å². The third-order valence-corrected chi connectivity index (χ3v) is 2.76. The lowest BCUT2D eigenvalue weighted by atomic mass is 9.77. The fourth-order valence-corrected chi connectivity index (χ4v) is 2.04. The van der Waals surface area contributed by atoms with Crippen molar-refractivity contribution in [2.75, 3.05) is 0 Å². The molecule has 0 heterocycles. The van der Waals surface area contributed by atoms with Crippen LogP contribution in [0.25, 0.3) is 0 Å². The second-order valence-corrected chi connectivity index (χ2v) is 5.39. The van der Waals surface area contributed by atoms with Crippen LogP contribution < -0.4 is 0 Å². The molecule has 0 aliphatic heterocycles. The average molecular weight is 253 g/mol. The Morgan fingerprint density at radius 1 is 1.13 bits per heavy atom. The number of allylic oxidation sites excluding steroid dienone is 1. The molecule has 15 heavy (non-hydrogen) atoms. The molecule has 0 aliphatic carbocycles. The van der Waals surface area contributed by atoms with E-state index >= 15 is 0 Å². The monoisotopic (exact) mass is 252 g/mol. The fourth-order valence-electron chi connectivity index (χ4n) is 1.75. The maximum atomic E-state index is 11.2. The Labute approximate surface area is 101 Å². The predicted octanol–water partition coefficient (Wildman–Crippen LogP) is 3.93. The van der Waals surface area contributed by atoms with Crippen LogP contribution in [0.15, 0.2) is 10.6 Å². The van der Waals surface area contributed by atoms with Gasteiger partial charge < -0.3 is 5.11 Å². The van der Waals surface area contributed by atoms with Crippen LogP contribution in [0, 0.1) is 23.7 Å². The molecule has 0 aromatic carbocycles. The van der Waals surface area contributed by atoms with Gasteiger partial charge in [-0.15, -0.1) is 0 Å². The van der Waals surface area contributed by atoms with E-state index in [2.05, 4.69) is 0 Å². The molecule has 0 saturated carbocycles. The van der Waals surface area contributed by atoms with Crippen LogP contribution in [0.2, 0.25) is 0 Å². The minimum atomic E-state index is -0.797. The highest BCUT2D eigenvalue weighted by atomic mass is 35.5. The van der Waals surface area contributed by atoms with Gasteiger partial charge in [0.15, 0.2) is 0 Å². The summed E-state index contributed by atoms with van der Waals surface area (Å²) in [6.45, 7) is 7.72. The van der Waals surface area contributed by atoms with Gasteiger partial charge in [0, 0.05) is 0 Å². The van der Waals surface area contributed by atoms with Crippen LogP contribution in [0.3, 0.4) is 0 Å². The highest BCUT2D eigenvalue weighted by molar-refractivity contribution is 6.55. The topological polar surface area (TPSA) is 37.3 Å². The van der Waals surface area contributed by atoms with Crippen molar-refractivity contribution in [2.24, 2.45) is 23.7 Å². The van der Waals surface area contributed by atoms with Gasteiger partial charge >= 0.3 is 5.97 Å². The van der Waals surface area contributed by atoms with Crippen LogP contribution in [0.5, 0.6) is 0 Å². The van der Waals surface area contributed by atoms with E-state index in [-0.39, 0.29) is 22.2 Å². The Hall–Kier alpha value is -0.210. The lowest BCUT2D eigenvalue weighted by Crippen LogP contribution is -2.30. The Bertz CT molecular complexity index is 243. The largest absolute Gasteiger partial charge is 0.481 e. The normalized spacial score (nSPS) is 15.2. The number of halogens is 2. The molecule has 0 saturated heterocycles. The number of carboxylic acid groups (broad SMARTS) is 1. The first-order valence-electron chi connectivity index (χ1n) is 5.03. The molecule has 0 rings (SSSR count). The number of carboxylic acids is 1. The summed E-state index contributed by atoms with van der Waals surface area (Å²) < 4.78 is 0.139. The van der Waals surface area contributed by atoms with Crippen molar-refractivity contribution in [1.29, 1.82) is 0 Å². The van der Waals surface area contributed by atoms with Crippen molar-refractivity contribution >= 4 is 29.2 Å². The van der Waals surface area contributed by atoms with E-state index in [9.17, 15) is 4.79 Å². The molecule has 0 aliphatic rings. The van der Waals surface area contributed by atoms with Gasteiger partial charge in [-0.1, -0.05) is 50.9 Å². The molecule has 1 N–H and O–H groups in total. The summed E-state index contributed by atoms with van der Waals surface area (Å²) in [6.07, 6.45) is 1.63. The van der Waals surface area contributed by atoms with Crippen molar-refractivity contribution in [2.45, 2.75) is 27.7 Å². The quantitative estimate of drug-likeness (QED) is 0.805. The van der Waals surface area contributed by atoms with Crippen molar-refractivity contribution in [3.05, 3.63) is 10.6 Å². The zero-order valence-electron chi connectivity index (χ0n) is 9.50. The summed E-state index contributed by atoms with van der Waals surface area (Å²) >= 11 is 11.2. The summed E-state index contributed by atoms with van der Waals surface area (Å²) in [5.74, 6) is -1.13. The fraction of sp³-hybridized carbons (Fsp3) is 0.727. The van der Waals surface area contributed by atoms with E-state index in [0.29, 0.717) is 0 Å². The molecular formula is C11H18Cl2O2. The van der Waals surface area contributed by atoms with E-state index < -0.39 is 11.9 Å². The lowest BCUT2D eigenvalue weighted by molar-refractivity contribution is -0.145. The third kappa shape index (κ3) is 4.89. The molecule has 0 spiro atoms. The zero-order valence-corrected chi connectivity index (χ0v) is 11.0. The Morgan fingerprint density at radius 3 is 1.80 bits per heavy atom. The smallest absolute Gasteiger partial charge is 0.307 e. The minimum Gasteiger partial charge on any atom is -0.481 e. The molecule has 0 bridgehead atoms. The van der Waals surface area contributed by atoms with Gasteiger partial charge in [-0.25, -0.2) is 0 Å². The minimum absolute atomic E-state index is 0.0545. The summed E-state index contributed by atoms with van der Waals surface area (Å²) in [5.41, 5.74) is 0. The van der Waals surface area contributed by atoms with Gasteiger partial charge in [0.05, 0.1) is 5.92 Å². The highest BCUT2D eigenvalue weighted by Gasteiger charge is 2.31. The number of aliphatic carboxylic acids is 1. The van der Waals surface area contributed by atoms with Crippen molar-refractivity contribution in [3.63, 3.8) is 0 Å². The second kappa shape index (κ2) is 6.39. The van der Waals surface area contributed by atoms with E-state index in [1.165, 1.54) is 0 Å². The van der Waals surface area contributed by atoms with Gasteiger partial charge in [-0.2, -0.15) is 0 Å². The predicted molar refractivity (Wildman–Crippen MR) is 64.1 cm³/mol. The number of hydrogen-bond acceptors (Lipinski definition) is 1. The Morgan fingerprint density at radius 2 is 1.60 bits per heavy atom. The lowest BCUT2D eigenvalue weighted by Gasteiger charge is -2.27. The van der Waals surface area contributed by atoms with Crippen LogP contribution in [-0.4, -0.2) is 11.1 Å². The van der Waals surface area contributed by atoms with Gasteiger partial charge in [0.25, 0.3) is 0 Å². The molecule has 4 heteroatoms. The van der Waals surface area contributed by atoms with Gasteiger partial charge in [-0.05, 0) is 23.8 Å². The summed E-state index contributed by atoms with van der Waals surface area (Å²) in [4.78, 5) is 11.2. The van der Waals surface area contributed by atoms with Gasteiger partial charge in [-0.3, -0.25) is 4.79 Å². The number of hydrogen-bond donors (Lipinski definition) is 1. The van der Waals surface area contributed by atoms with Crippen molar-refractivity contribution < 1.29 is 9.90 Å². The molecule has 0 aromatic rings. The van der Waals surface area contributed by atoms with Crippen LogP contribution in [0.4, 0.5) is 0 Å². The van der Waals surface area contributed by atoms with Crippen LogP contribution >= 0.6 is 23.2 Å². The molecule has 2 unspecified atom stereocenters. The number of rotatable bonds is 5. The first kappa shape index (κ1) is 14.8. The van der Waals surface area contributed by atoms with E-state index in [1.54, 1.807) is 6.08 Å². The third-order valence-electron chi connectivity index (χ3n) is 2.51. The molecule has 0 fully saturated rings. The van der Waals surface area contributed by atoms with Gasteiger partial charge in [0.1, 0.15) is 4.49 Å². The Kier molecular flexibility index (Phi) is 6.30. The maximum absolute atomic E-state index is 11.2. The SMILES string of the molecule is CC(C)C(C=C(Cl)Cl)C(C(=O)O)C(C)C. The average Bonchev–Trinajstić information content (AvgIpc) is 2.00. The van der Waals surface area contributed by atoms with Crippen molar-refractivity contribution in [1.82, 2.24) is 0 Å². The summed E-state index contributed by atoms with van der Waals surface area (Å²) in [6, 6.07) is 0. The molecule has 0 radical (unpaired) electrons. The summed E-state index contributed by atoms with van der Waals surface area (Å²) in [7, 11) is 0. The number of carbonyl (C=O) groups is 1. The Balaban J connectivity index is 5.02. The zero-order chi connectivity index (χ0) is 12.2. The van der Waals surface area contributed by atoms with Crippen LogP contribution in [-0.2, 0) is 4.79 Å². The van der Waals surface area contributed by atoms with E-state index in [4.69, 9.17) is 28.3 Å². The van der Waals surface area contributed by atoms with E-state index in [1.807, 2.05) is 27.7 Å². The molecular weight excluding hydrogens is 235 g/mol. The molecule has 2 atom stereocenters. The van der Waals surface area contributed by atoms with Crippen LogP contribution in [0.1, 0.15) is 27.7 Å². The molecule has 0 amide bonds. The van der Waals surface area contributed by atoms with E-state index in [0.717, 1.165) is 0 Å². The second-order valence-electron chi connectivity index (χ2n) is 4.39. The first-order chi connectivity index (χ1) is 6.77. The molecule has 0 aromatic heterocycles. The maximum Gasteiger partial charge on any atom is 0.307 e. The standard InChI is InChI=1S/C11H18Cl2O2/c1-6(2)8(5-9(12)13)10(7(3)4)11(14)15/h5-8,10H,1-4H3,(H,14,15).